The van der Waals surface area contributed by atoms with Crippen molar-refractivity contribution in [3.8, 4) is 22.5 Å². The SMILES string of the molecule is CC.CC1(C)c2ccccc2-c2c1cc(B1OC(C)(C)C(C)(C)O1)c1c3ccccc3n(-c3ccc4c(c3)c3ccccc3n4-c3ccccc3)c21.CS. The van der Waals surface area contributed by atoms with Crippen LogP contribution in [-0.2, 0) is 14.7 Å². The zero-order valence-corrected chi connectivity index (χ0v) is 33.8. The highest BCUT2D eigenvalue weighted by atomic mass is 32.1. The molecule has 8 aromatic rings. The van der Waals surface area contributed by atoms with Crippen molar-refractivity contribution in [1.82, 2.24) is 9.13 Å². The van der Waals surface area contributed by atoms with E-state index in [0.29, 0.717) is 0 Å². The van der Waals surface area contributed by atoms with Gasteiger partial charge in [-0.15, -0.1) is 0 Å². The van der Waals surface area contributed by atoms with E-state index >= 15 is 0 Å². The number of thiol groups is 1. The third-order valence-corrected chi connectivity index (χ3v) is 11.9. The third kappa shape index (κ3) is 5.14. The van der Waals surface area contributed by atoms with Crippen LogP contribution < -0.4 is 5.46 Å². The Labute approximate surface area is 325 Å². The highest BCUT2D eigenvalue weighted by Crippen LogP contribution is 2.53. The molecule has 0 saturated carbocycles. The van der Waals surface area contributed by atoms with Crippen LogP contribution in [0.25, 0.3) is 66.1 Å². The van der Waals surface area contributed by atoms with Crippen molar-refractivity contribution in [1.29, 1.82) is 0 Å². The molecule has 1 aliphatic heterocycles. The maximum atomic E-state index is 6.84. The van der Waals surface area contributed by atoms with Crippen LogP contribution >= 0.6 is 12.6 Å². The number of hydrogen-bond acceptors (Lipinski definition) is 3. The fraction of sp³-hybridized carbons (Fsp3) is 0.250. The first-order chi connectivity index (χ1) is 26.1. The van der Waals surface area contributed by atoms with Gasteiger partial charge in [0.25, 0.3) is 0 Å². The molecular weight excluding hydrogens is 679 g/mol. The van der Waals surface area contributed by atoms with Crippen molar-refractivity contribution in [3.05, 3.63) is 139 Å². The highest BCUT2D eigenvalue weighted by molar-refractivity contribution is 7.79. The lowest BCUT2D eigenvalue weighted by molar-refractivity contribution is 0.00578. The van der Waals surface area contributed by atoms with E-state index in [1.807, 2.05) is 13.8 Å². The summed E-state index contributed by atoms with van der Waals surface area (Å²) in [6, 6.07) is 46.6. The molecule has 2 aromatic heterocycles. The van der Waals surface area contributed by atoms with E-state index in [-0.39, 0.29) is 5.41 Å². The predicted octanol–water partition coefficient (Wildman–Crippen LogP) is 12.1. The zero-order chi connectivity index (χ0) is 38.2. The van der Waals surface area contributed by atoms with Crippen LogP contribution in [-0.4, -0.2) is 33.7 Å². The molecule has 0 atom stereocenters. The summed E-state index contributed by atoms with van der Waals surface area (Å²) in [5, 5.41) is 4.86. The molecule has 3 heterocycles. The summed E-state index contributed by atoms with van der Waals surface area (Å²) < 4.78 is 18.6. The normalized spacial score (nSPS) is 16.2. The lowest BCUT2D eigenvalue weighted by atomic mass is 9.72. The summed E-state index contributed by atoms with van der Waals surface area (Å²) in [4.78, 5) is 0. The summed E-state index contributed by atoms with van der Waals surface area (Å²) >= 11 is 3.53. The molecule has 0 radical (unpaired) electrons. The first kappa shape index (κ1) is 36.2. The number of fused-ring (bicyclic) bond motifs is 10. The van der Waals surface area contributed by atoms with Gasteiger partial charge in [-0.3, -0.25) is 0 Å². The molecule has 0 bridgehead atoms. The maximum Gasteiger partial charge on any atom is 0.495 e. The van der Waals surface area contributed by atoms with Crippen LogP contribution in [0.1, 0.15) is 66.5 Å². The fourth-order valence-electron chi connectivity index (χ4n) is 8.73. The van der Waals surface area contributed by atoms with Crippen molar-refractivity contribution < 1.29 is 9.31 Å². The van der Waals surface area contributed by atoms with Gasteiger partial charge in [0.1, 0.15) is 0 Å². The molecule has 0 amide bonds. The minimum absolute atomic E-state index is 0.202. The summed E-state index contributed by atoms with van der Waals surface area (Å²) in [5.41, 5.74) is 12.3. The third-order valence-electron chi connectivity index (χ3n) is 11.9. The number of para-hydroxylation sites is 3. The van der Waals surface area contributed by atoms with Gasteiger partial charge in [-0.1, -0.05) is 113 Å². The Morgan fingerprint density at radius 3 is 1.76 bits per heavy atom. The molecule has 0 unspecified atom stereocenters. The van der Waals surface area contributed by atoms with Gasteiger partial charge in [0, 0.05) is 43.9 Å². The molecule has 1 fully saturated rings. The molecule has 2 aliphatic rings. The molecule has 54 heavy (non-hydrogen) atoms. The van der Waals surface area contributed by atoms with Crippen LogP contribution in [0, 0.1) is 0 Å². The Morgan fingerprint density at radius 2 is 1.07 bits per heavy atom. The Balaban J connectivity index is 0.00000100. The van der Waals surface area contributed by atoms with E-state index in [4.69, 9.17) is 9.31 Å². The maximum absolute atomic E-state index is 6.84. The van der Waals surface area contributed by atoms with Gasteiger partial charge in [-0.05, 0) is 98.6 Å². The second kappa shape index (κ2) is 13.2. The van der Waals surface area contributed by atoms with E-state index < -0.39 is 18.3 Å². The van der Waals surface area contributed by atoms with Crippen molar-refractivity contribution in [2.45, 2.75) is 72.0 Å². The minimum Gasteiger partial charge on any atom is -0.399 e. The molecule has 0 spiro atoms. The topological polar surface area (TPSA) is 28.3 Å². The van der Waals surface area contributed by atoms with E-state index in [9.17, 15) is 0 Å². The van der Waals surface area contributed by atoms with Crippen LogP contribution in [0.15, 0.2) is 127 Å². The molecule has 0 N–H and O–H groups in total. The van der Waals surface area contributed by atoms with Gasteiger partial charge in [0.05, 0.1) is 33.3 Å². The lowest BCUT2D eigenvalue weighted by Gasteiger charge is -2.32. The lowest BCUT2D eigenvalue weighted by Crippen LogP contribution is -2.41. The number of rotatable bonds is 3. The first-order valence-corrected chi connectivity index (χ1v) is 20.1. The average molecular weight is 729 g/mol. The van der Waals surface area contributed by atoms with E-state index in [0.717, 1.165) is 16.8 Å². The predicted molar refractivity (Wildman–Crippen MR) is 235 cm³/mol. The minimum atomic E-state index is -0.502. The van der Waals surface area contributed by atoms with E-state index in [2.05, 4.69) is 191 Å². The van der Waals surface area contributed by atoms with E-state index in [1.54, 1.807) is 6.26 Å². The Hall–Kier alpha value is -4.75. The van der Waals surface area contributed by atoms with Crippen molar-refractivity contribution in [2.75, 3.05) is 6.26 Å². The van der Waals surface area contributed by atoms with Crippen LogP contribution in [0.4, 0.5) is 0 Å². The van der Waals surface area contributed by atoms with Crippen molar-refractivity contribution >= 4 is 68.8 Å². The molecule has 1 aliphatic carbocycles. The summed E-state index contributed by atoms with van der Waals surface area (Å²) in [5.74, 6) is 0. The van der Waals surface area contributed by atoms with Gasteiger partial charge in [0.2, 0.25) is 0 Å². The monoisotopic (exact) mass is 728 g/mol. The van der Waals surface area contributed by atoms with Crippen LogP contribution in [0.2, 0.25) is 0 Å². The first-order valence-electron chi connectivity index (χ1n) is 19.2. The Morgan fingerprint density at radius 1 is 0.519 bits per heavy atom. The summed E-state index contributed by atoms with van der Waals surface area (Å²) in [6.45, 7) is 17.3. The average Bonchev–Trinajstić information content (AvgIpc) is 3.85. The number of aromatic nitrogens is 2. The quantitative estimate of drug-likeness (QED) is 0.145. The smallest absolute Gasteiger partial charge is 0.399 e. The zero-order valence-electron chi connectivity index (χ0n) is 32.9. The molecule has 1 saturated heterocycles. The number of hydrogen-bond donors (Lipinski definition) is 1. The largest absolute Gasteiger partial charge is 0.495 e. The van der Waals surface area contributed by atoms with Crippen molar-refractivity contribution in [3.63, 3.8) is 0 Å². The Kier molecular flexibility index (Phi) is 8.88. The molecule has 10 rings (SSSR count). The van der Waals surface area contributed by atoms with Crippen LogP contribution in [0.5, 0.6) is 0 Å². The summed E-state index contributed by atoms with van der Waals surface area (Å²) in [6.07, 6.45) is 1.69. The van der Waals surface area contributed by atoms with Gasteiger partial charge in [0.15, 0.2) is 0 Å². The summed E-state index contributed by atoms with van der Waals surface area (Å²) in [7, 11) is -0.502. The van der Waals surface area contributed by atoms with Gasteiger partial charge in [-0.25, -0.2) is 0 Å². The molecular formula is C48H49BN2O2S. The standard InChI is InChI=1S/C45H39BN2O2.C2H6.CH4S/c1-43(2)34-21-13-10-19-31(34)40-35(43)27-36(46-49-44(3,4)45(5,6)50-46)41-32-20-12-15-23-38(32)48(42(40)41)29-24-25-39-33(26-29)30-18-11-14-22-37(30)47(39)28-16-8-7-9-17-28;2*1-2/h7-27H,1-6H3;1-2H3;2H,1H3. The second-order valence-electron chi connectivity index (χ2n) is 15.6. The highest BCUT2D eigenvalue weighted by Gasteiger charge is 2.53. The van der Waals surface area contributed by atoms with Gasteiger partial charge in [-0.2, -0.15) is 12.6 Å². The second-order valence-corrected chi connectivity index (χ2v) is 15.6. The number of benzene rings is 6. The molecule has 272 valence electrons. The van der Waals surface area contributed by atoms with Crippen LogP contribution in [0.3, 0.4) is 0 Å². The van der Waals surface area contributed by atoms with Gasteiger partial charge >= 0.3 is 7.12 Å². The van der Waals surface area contributed by atoms with Gasteiger partial charge < -0.3 is 18.4 Å². The Bertz CT molecular complexity index is 2690. The fourth-order valence-corrected chi connectivity index (χ4v) is 8.73. The molecule has 4 nitrogen and oxygen atoms in total. The van der Waals surface area contributed by atoms with E-state index in [1.165, 1.54) is 65.9 Å². The molecule has 6 heteroatoms. The molecule has 6 aromatic carbocycles. The van der Waals surface area contributed by atoms with Crippen molar-refractivity contribution in [2.24, 2.45) is 0 Å². The number of nitrogens with zero attached hydrogens (tertiary/aromatic N) is 2.